The molecule has 8 nitrogen and oxygen atoms in total. The first-order chi connectivity index (χ1) is 16.3. The average Bonchev–Trinajstić information content (AvgIpc) is 3.29. The number of aliphatic hydroxyl groups is 2. The molecule has 0 aliphatic heterocycles. The molecular formula is C26H36N4O4. The molecule has 0 amide bonds. The van der Waals surface area contributed by atoms with Crippen LogP contribution in [-0.4, -0.2) is 57.7 Å². The Hall–Kier alpha value is -2.81. The van der Waals surface area contributed by atoms with E-state index in [1.54, 1.807) is 0 Å². The van der Waals surface area contributed by atoms with Crippen LogP contribution in [0.3, 0.4) is 0 Å². The van der Waals surface area contributed by atoms with Crippen LogP contribution < -0.4 is 10.1 Å². The van der Waals surface area contributed by atoms with Crippen LogP contribution in [0.1, 0.15) is 43.0 Å². The second-order valence-corrected chi connectivity index (χ2v) is 9.04. The lowest BCUT2D eigenvalue weighted by Gasteiger charge is -2.17. The summed E-state index contributed by atoms with van der Waals surface area (Å²) >= 11 is 0. The summed E-state index contributed by atoms with van der Waals surface area (Å²) in [6.45, 7) is 11.5. The predicted octanol–water partition coefficient (Wildman–Crippen LogP) is 3.50. The Morgan fingerprint density at radius 1 is 1.12 bits per heavy atom. The van der Waals surface area contributed by atoms with E-state index < -0.39 is 6.10 Å². The van der Waals surface area contributed by atoms with Crippen LogP contribution in [0.15, 0.2) is 28.9 Å². The Morgan fingerprint density at radius 2 is 1.91 bits per heavy atom. The summed E-state index contributed by atoms with van der Waals surface area (Å²) in [7, 11) is 0. The minimum atomic E-state index is -0.669. The number of nitrogens with one attached hydrogen (secondary N) is 1. The quantitative estimate of drug-likeness (QED) is 0.346. The molecule has 3 N–H and O–H groups in total. The molecule has 3 aromatic rings. The standard InChI is InChI=1S/C26H36N4O4/c1-6-19-12-20(10-18(5)24(19)33-15-22(32)14-27-7-8-31)25-29-26(34-30-25)23-11-17(4)21(13-28-23)9-16(2)3/h10-13,16,22,27,31-32H,6-9,14-15H2,1-5H3. The van der Waals surface area contributed by atoms with Gasteiger partial charge in [-0.1, -0.05) is 25.9 Å². The van der Waals surface area contributed by atoms with Crippen molar-refractivity contribution >= 4 is 0 Å². The van der Waals surface area contributed by atoms with Gasteiger partial charge in [0.25, 0.3) is 5.89 Å². The summed E-state index contributed by atoms with van der Waals surface area (Å²) in [6, 6.07) is 5.96. The number of nitrogens with zero attached hydrogens (tertiary/aromatic N) is 3. The summed E-state index contributed by atoms with van der Waals surface area (Å²) in [5.74, 6) is 2.21. The van der Waals surface area contributed by atoms with Gasteiger partial charge < -0.3 is 24.8 Å². The predicted molar refractivity (Wildman–Crippen MR) is 132 cm³/mol. The molecule has 1 atom stereocenters. The van der Waals surface area contributed by atoms with Crippen molar-refractivity contribution in [2.75, 3.05) is 26.3 Å². The maximum absolute atomic E-state index is 10.1. The first-order valence-electron chi connectivity index (χ1n) is 11.9. The molecule has 34 heavy (non-hydrogen) atoms. The fourth-order valence-corrected chi connectivity index (χ4v) is 3.83. The second kappa shape index (κ2) is 12.1. The van der Waals surface area contributed by atoms with Gasteiger partial charge in [-0.2, -0.15) is 4.98 Å². The molecule has 0 saturated carbocycles. The fourth-order valence-electron chi connectivity index (χ4n) is 3.83. The van der Waals surface area contributed by atoms with E-state index in [-0.39, 0.29) is 13.2 Å². The number of benzene rings is 1. The smallest absolute Gasteiger partial charge is 0.276 e. The SMILES string of the molecule is CCc1cc(-c2noc(-c3cc(C)c(CC(C)C)cn3)n2)cc(C)c1OCC(O)CNCCO. The molecule has 1 aromatic carbocycles. The average molecular weight is 469 g/mol. The van der Waals surface area contributed by atoms with Gasteiger partial charge >= 0.3 is 0 Å². The monoisotopic (exact) mass is 468 g/mol. The lowest BCUT2D eigenvalue weighted by Crippen LogP contribution is -2.33. The first kappa shape index (κ1) is 25.8. The molecule has 0 aliphatic rings. The molecule has 0 fully saturated rings. The van der Waals surface area contributed by atoms with E-state index in [0.29, 0.717) is 36.4 Å². The maximum atomic E-state index is 10.1. The van der Waals surface area contributed by atoms with Crippen molar-refractivity contribution < 1.29 is 19.5 Å². The van der Waals surface area contributed by atoms with Crippen LogP contribution >= 0.6 is 0 Å². The van der Waals surface area contributed by atoms with Gasteiger partial charge in [0.05, 0.1) is 6.61 Å². The van der Waals surface area contributed by atoms with Crippen LogP contribution in [-0.2, 0) is 12.8 Å². The van der Waals surface area contributed by atoms with Gasteiger partial charge in [-0.3, -0.25) is 4.98 Å². The third-order valence-corrected chi connectivity index (χ3v) is 5.57. The summed E-state index contributed by atoms with van der Waals surface area (Å²) in [6.07, 6.45) is 2.97. The fraction of sp³-hybridized carbons (Fsp3) is 0.500. The van der Waals surface area contributed by atoms with E-state index in [1.165, 1.54) is 5.56 Å². The third kappa shape index (κ3) is 6.62. The molecule has 0 spiro atoms. The highest BCUT2D eigenvalue weighted by atomic mass is 16.5. The molecule has 2 aromatic heterocycles. The summed E-state index contributed by atoms with van der Waals surface area (Å²) < 4.78 is 11.5. The highest BCUT2D eigenvalue weighted by Crippen LogP contribution is 2.31. The number of hydrogen-bond acceptors (Lipinski definition) is 8. The van der Waals surface area contributed by atoms with Crippen LogP contribution in [0.5, 0.6) is 5.75 Å². The van der Waals surface area contributed by atoms with Crippen LogP contribution in [0, 0.1) is 19.8 Å². The van der Waals surface area contributed by atoms with Gasteiger partial charge in [-0.25, -0.2) is 0 Å². The van der Waals surface area contributed by atoms with E-state index >= 15 is 0 Å². The largest absolute Gasteiger partial charge is 0.490 e. The van der Waals surface area contributed by atoms with Crippen molar-refractivity contribution in [1.29, 1.82) is 0 Å². The summed E-state index contributed by atoms with van der Waals surface area (Å²) in [4.78, 5) is 9.14. The zero-order valence-electron chi connectivity index (χ0n) is 20.8. The first-order valence-corrected chi connectivity index (χ1v) is 11.9. The van der Waals surface area contributed by atoms with Crippen molar-refractivity contribution in [3.05, 3.63) is 46.6 Å². The lowest BCUT2D eigenvalue weighted by atomic mass is 10.0. The maximum Gasteiger partial charge on any atom is 0.276 e. The van der Waals surface area contributed by atoms with Crippen LogP contribution in [0.2, 0.25) is 0 Å². The number of aryl methyl sites for hydroxylation is 3. The minimum Gasteiger partial charge on any atom is -0.490 e. The molecule has 8 heteroatoms. The number of aromatic nitrogens is 3. The van der Waals surface area contributed by atoms with Crippen LogP contribution in [0.25, 0.3) is 23.0 Å². The normalized spacial score (nSPS) is 12.4. The number of pyridine rings is 1. The minimum absolute atomic E-state index is 0.0328. The number of aliphatic hydroxyl groups excluding tert-OH is 2. The second-order valence-electron chi connectivity index (χ2n) is 9.04. The molecular weight excluding hydrogens is 432 g/mol. The molecule has 0 aliphatic carbocycles. The molecule has 1 unspecified atom stereocenters. The molecule has 0 bridgehead atoms. The zero-order chi connectivity index (χ0) is 24.7. The number of rotatable bonds is 12. The van der Waals surface area contributed by atoms with Gasteiger partial charge in [0.1, 0.15) is 24.2 Å². The Kier molecular flexibility index (Phi) is 9.15. The highest BCUT2D eigenvalue weighted by Gasteiger charge is 2.17. The Bertz CT molecular complexity index is 1080. The van der Waals surface area contributed by atoms with Gasteiger partial charge in [-0.05, 0) is 73.1 Å². The number of ether oxygens (including phenoxy) is 1. The highest BCUT2D eigenvalue weighted by molar-refractivity contribution is 5.63. The molecule has 0 saturated heterocycles. The summed E-state index contributed by atoms with van der Waals surface area (Å²) in [5, 5.41) is 26.1. The number of hydrogen-bond donors (Lipinski definition) is 3. The molecule has 3 rings (SSSR count). The molecule has 2 heterocycles. The van der Waals surface area contributed by atoms with Gasteiger partial charge in [0, 0.05) is 24.8 Å². The van der Waals surface area contributed by atoms with Gasteiger partial charge in [-0.15, -0.1) is 0 Å². The van der Waals surface area contributed by atoms with Crippen LogP contribution in [0.4, 0.5) is 0 Å². The van der Waals surface area contributed by atoms with Gasteiger partial charge in [0.2, 0.25) is 5.82 Å². The van der Waals surface area contributed by atoms with Gasteiger partial charge in [0.15, 0.2) is 0 Å². The summed E-state index contributed by atoms with van der Waals surface area (Å²) in [5.41, 5.74) is 5.84. The third-order valence-electron chi connectivity index (χ3n) is 5.57. The van der Waals surface area contributed by atoms with Crippen molar-refractivity contribution in [2.24, 2.45) is 5.92 Å². The van der Waals surface area contributed by atoms with E-state index in [0.717, 1.165) is 40.8 Å². The van der Waals surface area contributed by atoms with Crippen molar-refractivity contribution in [3.63, 3.8) is 0 Å². The van der Waals surface area contributed by atoms with E-state index in [2.05, 4.69) is 48.1 Å². The molecule has 0 radical (unpaired) electrons. The zero-order valence-corrected chi connectivity index (χ0v) is 20.8. The lowest BCUT2D eigenvalue weighted by molar-refractivity contribution is 0.104. The van der Waals surface area contributed by atoms with Crippen molar-refractivity contribution in [1.82, 2.24) is 20.4 Å². The van der Waals surface area contributed by atoms with E-state index in [1.807, 2.05) is 31.3 Å². The Morgan fingerprint density at radius 3 is 2.59 bits per heavy atom. The Balaban J connectivity index is 1.77. The Labute approximate surface area is 201 Å². The van der Waals surface area contributed by atoms with E-state index in [4.69, 9.17) is 14.4 Å². The van der Waals surface area contributed by atoms with Crippen molar-refractivity contribution in [3.8, 4) is 28.7 Å². The molecule has 184 valence electrons. The van der Waals surface area contributed by atoms with Crippen molar-refractivity contribution in [2.45, 2.75) is 53.6 Å². The van der Waals surface area contributed by atoms with E-state index in [9.17, 15) is 5.11 Å². The topological polar surface area (TPSA) is 114 Å².